The molecule has 1 saturated heterocycles. The number of carbonyl (C=O) groups excluding carboxylic acids is 3. The molecule has 1 aliphatic rings. The zero-order chi connectivity index (χ0) is 21.3. The zero-order valence-corrected chi connectivity index (χ0v) is 16.8. The fraction of sp³-hybridized carbons (Fsp3) is 0.105. The third-order valence-electron chi connectivity index (χ3n) is 4.21. The Kier molecular flexibility index (Phi) is 5.46. The van der Waals surface area contributed by atoms with Crippen molar-refractivity contribution in [1.29, 1.82) is 0 Å². The minimum Gasteiger partial charge on any atom is -0.490 e. The van der Waals surface area contributed by atoms with Crippen molar-refractivity contribution in [3.8, 4) is 5.75 Å². The number of hydrogen-bond acceptors (Lipinski definition) is 6. The molecule has 9 nitrogen and oxygen atoms in total. The van der Waals surface area contributed by atoms with Gasteiger partial charge in [-0.05, 0) is 48.4 Å². The van der Waals surface area contributed by atoms with Crippen molar-refractivity contribution in [1.82, 2.24) is 5.32 Å². The Hall–Kier alpha value is -3.53. The maximum atomic E-state index is 12.9. The molecule has 1 N–H and O–H groups in total. The third-order valence-corrected chi connectivity index (χ3v) is 5.10. The minimum absolute atomic E-state index is 0.0405. The Morgan fingerprint density at radius 3 is 2.52 bits per heavy atom. The second-order valence-electron chi connectivity index (χ2n) is 6.08. The molecular formula is C19H14BrN3O6. The molecule has 10 heteroatoms. The Balaban J connectivity index is 2.04. The highest BCUT2D eigenvalue weighted by atomic mass is 79.9. The number of ether oxygens (including phenoxy) is 1. The van der Waals surface area contributed by atoms with Gasteiger partial charge in [-0.1, -0.05) is 22.0 Å². The van der Waals surface area contributed by atoms with E-state index in [1.807, 2.05) is 0 Å². The summed E-state index contributed by atoms with van der Waals surface area (Å²) in [7, 11) is 1.29. The molecule has 4 amide bonds. The Morgan fingerprint density at radius 1 is 1.17 bits per heavy atom. The number of barbiturate groups is 1. The minimum atomic E-state index is -0.886. The molecule has 0 spiro atoms. The number of nitro groups is 1. The van der Waals surface area contributed by atoms with E-state index in [2.05, 4.69) is 21.2 Å². The SMILES string of the molecule is COc1ccc(/C=C2\C(=O)NC(=O)N(c3ccc(Br)c(C)c3)C2=O)cc1[N+](=O)[O-]. The lowest BCUT2D eigenvalue weighted by Gasteiger charge is -2.26. The molecule has 148 valence electrons. The van der Waals surface area contributed by atoms with Gasteiger partial charge < -0.3 is 4.74 Å². The van der Waals surface area contributed by atoms with Crippen LogP contribution < -0.4 is 15.0 Å². The van der Waals surface area contributed by atoms with Crippen molar-refractivity contribution < 1.29 is 24.0 Å². The number of anilines is 1. The summed E-state index contributed by atoms with van der Waals surface area (Å²) in [6.07, 6.45) is 1.19. The Labute approximate surface area is 173 Å². The summed E-state index contributed by atoms with van der Waals surface area (Å²) >= 11 is 3.34. The fourth-order valence-electron chi connectivity index (χ4n) is 2.77. The van der Waals surface area contributed by atoms with Gasteiger partial charge in [0.15, 0.2) is 5.75 Å². The fourth-order valence-corrected chi connectivity index (χ4v) is 3.01. The van der Waals surface area contributed by atoms with E-state index in [0.29, 0.717) is 0 Å². The molecule has 2 aromatic carbocycles. The van der Waals surface area contributed by atoms with E-state index in [-0.39, 0.29) is 28.3 Å². The first-order chi connectivity index (χ1) is 13.7. The summed E-state index contributed by atoms with van der Waals surface area (Å²) < 4.78 is 5.73. The van der Waals surface area contributed by atoms with Crippen molar-refractivity contribution >= 4 is 51.2 Å². The van der Waals surface area contributed by atoms with Gasteiger partial charge in [-0.25, -0.2) is 9.69 Å². The summed E-state index contributed by atoms with van der Waals surface area (Å²) in [5.74, 6) is -1.68. The van der Waals surface area contributed by atoms with Crippen LogP contribution >= 0.6 is 15.9 Å². The molecule has 2 aromatic rings. The van der Waals surface area contributed by atoms with Gasteiger partial charge in [0.05, 0.1) is 17.7 Å². The average Bonchev–Trinajstić information content (AvgIpc) is 2.67. The number of nitrogens with one attached hydrogen (secondary N) is 1. The molecule has 0 aliphatic carbocycles. The number of hydrogen-bond donors (Lipinski definition) is 1. The van der Waals surface area contributed by atoms with E-state index in [1.165, 1.54) is 31.4 Å². The number of nitro benzene ring substituents is 1. The molecule has 0 unspecified atom stereocenters. The van der Waals surface area contributed by atoms with Crippen LogP contribution in [0.2, 0.25) is 0 Å². The van der Waals surface area contributed by atoms with Crippen molar-refractivity contribution in [2.75, 3.05) is 12.0 Å². The largest absolute Gasteiger partial charge is 0.490 e. The van der Waals surface area contributed by atoms with Crippen molar-refractivity contribution in [2.24, 2.45) is 0 Å². The lowest BCUT2D eigenvalue weighted by atomic mass is 10.1. The summed E-state index contributed by atoms with van der Waals surface area (Å²) in [5.41, 5.74) is 0.660. The van der Waals surface area contributed by atoms with Gasteiger partial charge in [-0.15, -0.1) is 0 Å². The summed E-state index contributed by atoms with van der Waals surface area (Å²) in [4.78, 5) is 48.8. The van der Waals surface area contributed by atoms with Gasteiger partial charge in [-0.3, -0.25) is 25.0 Å². The highest BCUT2D eigenvalue weighted by Gasteiger charge is 2.37. The predicted molar refractivity (Wildman–Crippen MR) is 108 cm³/mol. The van der Waals surface area contributed by atoms with Crippen molar-refractivity contribution in [3.63, 3.8) is 0 Å². The molecule has 0 atom stereocenters. The maximum absolute atomic E-state index is 12.9. The van der Waals surface area contributed by atoms with Crippen LogP contribution in [-0.4, -0.2) is 29.9 Å². The maximum Gasteiger partial charge on any atom is 0.335 e. The smallest absolute Gasteiger partial charge is 0.335 e. The topological polar surface area (TPSA) is 119 Å². The standard InChI is InChI=1S/C19H14BrN3O6/c1-10-7-12(4-5-14(10)20)22-18(25)13(17(24)21-19(22)26)8-11-3-6-16(29-2)15(9-11)23(27)28/h3-9H,1-2H3,(H,21,24,26)/b13-8+. The van der Waals surface area contributed by atoms with Crippen LogP contribution in [-0.2, 0) is 9.59 Å². The first-order valence-corrected chi connectivity index (χ1v) is 9.02. The first kappa shape index (κ1) is 20.2. The van der Waals surface area contributed by atoms with Gasteiger partial charge in [0.2, 0.25) is 0 Å². The molecule has 0 bridgehead atoms. The number of halogens is 1. The van der Waals surface area contributed by atoms with Crippen molar-refractivity contribution in [3.05, 3.63) is 67.7 Å². The Morgan fingerprint density at radius 2 is 1.90 bits per heavy atom. The van der Waals surface area contributed by atoms with Crippen LogP contribution in [0, 0.1) is 17.0 Å². The molecule has 0 saturated carbocycles. The second kappa shape index (κ2) is 7.84. The number of methoxy groups -OCH3 is 1. The number of nitrogens with zero attached hydrogens (tertiary/aromatic N) is 2. The Bertz CT molecular complexity index is 1100. The van der Waals surface area contributed by atoms with E-state index in [1.54, 1.807) is 25.1 Å². The molecule has 1 fully saturated rings. The normalized spacial score (nSPS) is 15.5. The number of rotatable bonds is 4. The molecule has 1 aliphatic heterocycles. The van der Waals surface area contributed by atoms with E-state index in [9.17, 15) is 24.5 Å². The number of amides is 4. The first-order valence-electron chi connectivity index (χ1n) is 8.23. The van der Waals surface area contributed by atoms with Crippen LogP contribution in [0.15, 0.2) is 46.4 Å². The molecular weight excluding hydrogens is 446 g/mol. The predicted octanol–water partition coefficient (Wildman–Crippen LogP) is 3.34. The van der Waals surface area contributed by atoms with Gasteiger partial charge >= 0.3 is 11.7 Å². The van der Waals surface area contributed by atoms with Gasteiger partial charge in [0, 0.05) is 10.5 Å². The quantitative estimate of drug-likeness (QED) is 0.324. The number of carbonyl (C=O) groups is 3. The highest BCUT2D eigenvalue weighted by Crippen LogP contribution is 2.30. The van der Waals surface area contributed by atoms with E-state index < -0.39 is 22.8 Å². The van der Waals surface area contributed by atoms with Crippen LogP contribution in [0.3, 0.4) is 0 Å². The number of urea groups is 1. The molecule has 29 heavy (non-hydrogen) atoms. The average molecular weight is 460 g/mol. The van der Waals surface area contributed by atoms with Gasteiger partial charge in [0.25, 0.3) is 11.8 Å². The zero-order valence-electron chi connectivity index (χ0n) is 15.3. The van der Waals surface area contributed by atoms with Gasteiger partial charge in [-0.2, -0.15) is 0 Å². The van der Waals surface area contributed by atoms with Crippen LogP contribution in [0.25, 0.3) is 6.08 Å². The summed E-state index contributed by atoms with van der Waals surface area (Å²) in [5, 5.41) is 13.3. The molecule has 0 radical (unpaired) electrons. The summed E-state index contributed by atoms with van der Waals surface area (Å²) in [6, 6.07) is 7.97. The van der Waals surface area contributed by atoms with E-state index >= 15 is 0 Å². The lowest BCUT2D eigenvalue weighted by Crippen LogP contribution is -2.54. The van der Waals surface area contributed by atoms with Crippen LogP contribution in [0.5, 0.6) is 5.75 Å². The van der Waals surface area contributed by atoms with E-state index in [0.717, 1.165) is 14.9 Å². The third kappa shape index (κ3) is 3.87. The van der Waals surface area contributed by atoms with Gasteiger partial charge in [0.1, 0.15) is 5.57 Å². The van der Waals surface area contributed by atoms with Crippen molar-refractivity contribution in [2.45, 2.75) is 6.92 Å². The number of imide groups is 2. The molecule has 1 heterocycles. The number of aryl methyl sites for hydroxylation is 1. The highest BCUT2D eigenvalue weighted by molar-refractivity contribution is 9.10. The van der Waals surface area contributed by atoms with E-state index in [4.69, 9.17) is 4.74 Å². The molecule has 3 rings (SSSR count). The van der Waals surface area contributed by atoms with Crippen LogP contribution in [0.4, 0.5) is 16.2 Å². The second-order valence-corrected chi connectivity index (χ2v) is 6.93. The molecule has 0 aromatic heterocycles. The monoisotopic (exact) mass is 459 g/mol. The van der Waals surface area contributed by atoms with Crippen LogP contribution in [0.1, 0.15) is 11.1 Å². The summed E-state index contributed by atoms with van der Waals surface area (Å²) in [6.45, 7) is 1.79. The lowest BCUT2D eigenvalue weighted by molar-refractivity contribution is -0.385. The number of benzene rings is 2.